The van der Waals surface area contributed by atoms with Gasteiger partial charge >= 0.3 is 0 Å². The van der Waals surface area contributed by atoms with E-state index in [-0.39, 0.29) is 36.2 Å². The second-order valence-electron chi connectivity index (χ2n) is 11.3. The molecule has 0 radical (unpaired) electrons. The maximum atomic E-state index is 13.3. The van der Waals surface area contributed by atoms with Crippen molar-refractivity contribution >= 4 is 23.2 Å². The van der Waals surface area contributed by atoms with Gasteiger partial charge in [-0.2, -0.15) is 0 Å². The number of benzene rings is 4. The lowest BCUT2D eigenvalue weighted by Gasteiger charge is -2.30. The Morgan fingerprint density at radius 1 is 0.902 bits per heavy atom. The zero-order valence-corrected chi connectivity index (χ0v) is 23.8. The fourth-order valence-electron chi connectivity index (χ4n) is 5.03. The van der Waals surface area contributed by atoms with Crippen molar-refractivity contribution in [3.63, 3.8) is 0 Å². The highest BCUT2D eigenvalue weighted by Crippen LogP contribution is 2.35. The molecule has 5 rings (SSSR count). The predicted octanol–water partition coefficient (Wildman–Crippen LogP) is 6.95. The van der Waals surface area contributed by atoms with E-state index in [0.717, 1.165) is 16.9 Å². The Labute approximate surface area is 241 Å². The van der Waals surface area contributed by atoms with Crippen LogP contribution in [0.3, 0.4) is 0 Å². The first-order valence-corrected chi connectivity index (χ1v) is 14.0. The van der Waals surface area contributed by atoms with Gasteiger partial charge in [-0.1, -0.05) is 93.6 Å². The van der Waals surface area contributed by atoms with Crippen molar-refractivity contribution in [2.45, 2.75) is 38.5 Å². The second kappa shape index (κ2) is 12.3. The minimum atomic E-state index is -0.152. The quantitative estimate of drug-likeness (QED) is 0.246. The summed E-state index contributed by atoms with van der Waals surface area (Å²) >= 11 is 0. The van der Waals surface area contributed by atoms with E-state index in [9.17, 15) is 9.59 Å². The normalized spacial score (nSPS) is 13.0. The van der Waals surface area contributed by atoms with Crippen LogP contribution in [0, 0.1) is 0 Å². The number of rotatable bonds is 9. The van der Waals surface area contributed by atoms with Crippen molar-refractivity contribution < 1.29 is 19.1 Å². The van der Waals surface area contributed by atoms with Gasteiger partial charge < -0.3 is 19.7 Å². The number of hydrogen-bond donors (Lipinski definition) is 1. The number of hydrogen-bond acceptors (Lipinski definition) is 4. The van der Waals surface area contributed by atoms with Gasteiger partial charge in [-0.3, -0.25) is 9.59 Å². The monoisotopic (exact) mass is 548 g/mol. The Morgan fingerprint density at radius 2 is 1.54 bits per heavy atom. The molecule has 41 heavy (non-hydrogen) atoms. The highest BCUT2D eigenvalue weighted by molar-refractivity contribution is 5.99. The van der Waals surface area contributed by atoms with Crippen LogP contribution >= 0.6 is 0 Å². The molecule has 0 atom stereocenters. The van der Waals surface area contributed by atoms with E-state index >= 15 is 0 Å². The van der Waals surface area contributed by atoms with Gasteiger partial charge in [-0.15, -0.1) is 0 Å². The molecule has 4 aromatic rings. The van der Waals surface area contributed by atoms with Crippen molar-refractivity contribution in [1.82, 2.24) is 0 Å². The van der Waals surface area contributed by atoms with E-state index < -0.39 is 0 Å². The molecule has 0 saturated heterocycles. The SMILES string of the molecule is CC(C)(C)c1ccc(OCCN2C(=O)COc3ccc(NC(=O)CC(c4ccccc4)c4ccccc4)cc32)cc1. The number of nitrogens with one attached hydrogen (secondary N) is 1. The van der Waals surface area contributed by atoms with Crippen molar-refractivity contribution in [2.24, 2.45) is 0 Å². The highest BCUT2D eigenvalue weighted by Gasteiger charge is 2.26. The van der Waals surface area contributed by atoms with Gasteiger partial charge in [-0.05, 0) is 52.4 Å². The molecule has 1 aliphatic rings. The van der Waals surface area contributed by atoms with Crippen LogP contribution in [-0.2, 0) is 15.0 Å². The molecule has 0 bridgehead atoms. The summed E-state index contributed by atoms with van der Waals surface area (Å²) < 4.78 is 11.6. The van der Waals surface area contributed by atoms with Crippen LogP contribution in [-0.4, -0.2) is 31.6 Å². The van der Waals surface area contributed by atoms with Gasteiger partial charge in [-0.25, -0.2) is 0 Å². The van der Waals surface area contributed by atoms with Gasteiger partial charge in [0.05, 0.1) is 12.2 Å². The number of amides is 2. The number of carbonyl (C=O) groups is 2. The third kappa shape index (κ3) is 6.95. The molecule has 210 valence electrons. The molecular formula is C35H36N2O4. The minimum Gasteiger partial charge on any atom is -0.492 e. The zero-order valence-electron chi connectivity index (χ0n) is 23.8. The van der Waals surface area contributed by atoms with E-state index in [2.05, 4.69) is 38.2 Å². The molecule has 0 aromatic heterocycles. The van der Waals surface area contributed by atoms with E-state index in [1.807, 2.05) is 72.8 Å². The van der Waals surface area contributed by atoms with Crippen molar-refractivity contribution in [3.8, 4) is 11.5 Å². The predicted molar refractivity (Wildman–Crippen MR) is 163 cm³/mol. The van der Waals surface area contributed by atoms with E-state index in [1.54, 1.807) is 23.1 Å². The summed E-state index contributed by atoms with van der Waals surface area (Å²) in [5.41, 5.74) is 4.69. The molecule has 0 fully saturated rings. The van der Waals surface area contributed by atoms with Gasteiger partial charge in [0.2, 0.25) is 5.91 Å². The highest BCUT2D eigenvalue weighted by atomic mass is 16.5. The van der Waals surface area contributed by atoms with Crippen molar-refractivity contribution in [2.75, 3.05) is 30.0 Å². The van der Waals surface area contributed by atoms with Crippen LogP contribution in [0.2, 0.25) is 0 Å². The van der Waals surface area contributed by atoms with E-state index in [1.165, 1.54) is 5.56 Å². The first-order valence-electron chi connectivity index (χ1n) is 14.0. The number of nitrogens with zero attached hydrogens (tertiary/aromatic N) is 1. The maximum absolute atomic E-state index is 13.3. The Kier molecular flexibility index (Phi) is 8.39. The summed E-state index contributed by atoms with van der Waals surface area (Å²) in [5, 5.41) is 3.03. The molecule has 1 heterocycles. The molecule has 0 saturated carbocycles. The Morgan fingerprint density at radius 3 is 2.15 bits per heavy atom. The molecule has 2 amide bonds. The molecule has 0 spiro atoms. The minimum absolute atomic E-state index is 0.0329. The summed E-state index contributed by atoms with van der Waals surface area (Å²) in [6.45, 7) is 7.17. The number of carbonyl (C=O) groups excluding carboxylic acids is 2. The lowest BCUT2D eigenvalue weighted by Crippen LogP contribution is -2.41. The molecule has 1 N–H and O–H groups in total. The molecule has 4 aromatic carbocycles. The average molecular weight is 549 g/mol. The second-order valence-corrected chi connectivity index (χ2v) is 11.3. The topological polar surface area (TPSA) is 67.9 Å². The van der Waals surface area contributed by atoms with E-state index in [4.69, 9.17) is 9.47 Å². The van der Waals surface area contributed by atoms with Crippen LogP contribution in [0.25, 0.3) is 0 Å². The van der Waals surface area contributed by atoms with Crippen LogP contribution in [0.15, 0.2) is 103 Å². The lowest BCUT2D eigenvalue weighted by molar-refractivity contribution is -0.121. The molecule has 1 aliphatic heterocycles. The Balaban J connectivity index is 1.26. The standard InChI is InChI=1S/C35H36N2O4/c1-35(2,3)27-14-17-29(18-15-27)40-21-20-37-31-22-28(16-19-32(31)41-24-34(37)39)36-33(38)23-30(25-10-6-4-7-11-25)26-12-8-5-9-13-26/h4-19,22,30H,20-21,23-24H2,1-3H3,(H,36,38). The average Bonchev–Trinajstić information content (AvgIpc) is 2.98. The number of fused-ring (bicyclic) bond motifs is 1. The summed E-state index contributed by atoms with van der Waals surface area (Å²) in [7, 11) is 0. The number of anilines is 2. The van der Waals surface area contributed by atoms with Crippen molar-refractivity contribution in [3.05, 3.63) is 120 Å². The third-order valence-corrected chi connectivity index (χ3v) is 7.28. The summed E-state index contributed by atoms with van der Waals surface area (Å²) in [4.78, 5) is 27.7. The maximum Gasteiger partial charge on any atom is 0.265 e. The van der Waals surface area contributed by atoms with Crippen LogP contribution in [0.1, 0.15) is 49.8 Å². The first-order chi connectivity index (χ1) is 19.8. The van der Waals surface area contributed by atoms with Gasteiger partial charge in [0.25, 0.3) is 5.91 Å². The summed E-state index contributed by atoms with van der Waals surface area (Å²) in [6.07, 6.45) is 0.284. The van der Waals surface area contributed by atoms with Crippen LogP contribution < -0.4 is 19.7 Å². The third-order valence-electron chi connectivity index (χ3n) is 7.28. The first kappa shape index (κ1) is 28.0. The summed E-state index contributed by atoms with van der Waals surface area (Å²) in [6, 6.07) is 33.5. The molecule has 0 unspecified atom stereocenters. The van der Waals surface area contributed by atoms with E-state index in [0.29, 0.717) is 30.3 Å². The zero-order chi connectivity index (χ0) is 28.8. The summed E-state index contributed by atoms with van der Waals surface area (Å²) in [5.74, 6) is 1.01. The van der Waals surface area contributed by atoms with Crippen LogP contribution in [0.5, 0.6) is 11.5 Å². The number of ether oxygens (including phenoxy) is 2. The smallest absolute Gasteiger partial charge is 0.265 e. The molecule has 6 nitrogen and oxygen atoms in total. The largest absolute Gasteiger partial charge is 0.492 e. The van der Waals surface area contributed by atoms with Gasteiger partial charge in [0.15, 0.2) is 6.61 Å². The van der Waals surface area contributed by atoms with Gasteiger partial charge in [0.1, 0.15) is 18.1 Å². The van der Waals surface area contributed by atoms with Crippen molar-refractivity contribution in [1.29, 1.82) is 0 Å². The lowest BCUT2D eigenvalue weighted by atomic mass is 9.87. The Hall–Kier alpha value is -4.58. The molecule has 6 heteroatoms. The fourth-order valence-corrected chi connectivity index (χ4v) is 5.03. The molecular weight excluding hydrogens is 512 g/mol. The van der Waals surface area contributed by atoms with Gasteiger partial charge in [0, 0.05) is 18.0 Å². The van der Waals surface area contributed by atoms with Crippen LogP contribution in [0.4, 0.5) is 11.4 Å². The Bertz CT molecular complexity index is 1440. The fraction of sp³-hybridized carbons (Fsp3) is 0.257. The molecule has 0 aliphatic carbocycles.